The molecule has 0 radical (unpaired) electrons. The first-order valence-electron chi connectivity index (χ1n) is 14.2. The second kappa shape index (κ2) is 9.50. The van der Waals surface area contributed by atoms with Gasteiger partial charge in [-0.2, -0.15) is 0 Å². The van der Waals surface area contributed by atoms with E-state index in [9.17, 15) is 0 Å². The number of hydrogen-bond donors (Lipinski definition) is 0. The fourth-order valence-electron chi connectivity index (χ4n) is 6.32. The van der Waals surface area contributed by atoms with Crippen LogP contribution in [0.25, 0.3) is 61.9 Å². The van der Waals surface area contributed by atoms with Gasteiger partial charge in [0.05, 0.1) is 5.52 Å². The Morgan fingerprint density at radius 3 is 2.12 bits per heavy atom. The van der Waals surface area contributed by atoms with Crippen LogP contribution in [0.5, 0.6) is 0 Å². The van der Waals surface area contributed by atoms with E-state index in [4.69, 9.17) is 9.40 Å². The Morgan fingerprint density at radius 2 is 1.37 bits per heavy atom. The number of para-hydroxylation sites is 2. The van der Waals surface area contributed by atoms with Gasteiger partial charge in [-0.1, -0.05) is 85.8 Å². The average molecular weight is 529 g/mol. The zero-order valence-electron chi connectivity index (χ0n) is 22.8. The maximum atomic E-state index is 6.05. The van der Waals surface area contributed by atoms with E-state index < -0.39 is 0 Å². The summed E-state index contributed by atoms with van der Waals surface area (Å²) >= 11 is 0. The van der Waals surface area contributed by atoms with Crippen molar-refractivity contribution in [1.29, 1.82) is 0 Å². The highest BCUT2D eigenvalue weighted by atomic mass is 16.3. The molecule has 7 aromatic rings. The van der Waals surface area contributed by atoms with Crippen LogP contribution in [0.15, 0.2) is 132 Å². The van der Waals surface area contributed by atoms with Crippen molar-refractivity contribution >= 4 is 33.7 Å². The van der Waals surface area contributed by atoms with Gasteiger partial charge in [0.25, 0.3) is 0 Å². The third-order valence-electron chi connectivity index (χ3n) is 8.27. The van der Waals surface area contributed by atoms with Crippen molar-refractivity contribution in [2.75, 3.05) is 0 Å². The third-order valence-corrected chi connectivity index (χ3v) is 8.27. The highest BCUT2D eigenvalue weighted by molar-refractivity contribution is 6.01. The van der Waals surface area contributed by atoms with Crippen molar-refractivity contribution in [3.8, 4) is 28.3 Å². The molecule has 41 heavy (non-hydrogen) atoms. The minimum atomic E-state index is 0.356. The normalized spacial score (nSPS) is 14.8. The lowest BCUT2D eigenvalue weighted by atomic mass is 9.84. The number of oxazole rings is 1. The fraction of sp³-hybridized carbons (Fsp3) is 0.0789. The number of rotatable bonds is 4. The number of nitrogens with zero attached hydrogens (tertiary/aromatic N) is 2. The number of allylic oxidation sites excluding steroid dienone is 1. The van der Waals surface area contributed by atoms with Crippen LogP contribution in [0.2, 0.25) is 0 Å². The average Bonchev–Trinajstić information content (AvgIpc) is 3.62. The Labute approximate surface area is 239 Å². The van der Waals surface area contributed by atoms with Gasteiger partial charge >= 0.3 is 0 Å². The van der Waals surface area contributed by atoms with Crippen molar-refractivity contribution in [2.45, 2.75) is 19.3 Å². The third kappa shape index (κ3) is 4.01. The lowest BCUT2D eigenvalue weighted by molar-refractivity contribution is 0.620. The van der Waals surface area contributed by atoms with Gasteiger partial charge < -0.3 is 8.98 Å². The molecule has 0 N–H and O–H groups in total. The number of fused-ring (bicyclic) bond motifs is 4. The standard InChI is InChI=1S/C38H28N2O/c1-25-22-30(27-12-6-3-7-13-27)24-33-32-23-29(26-10-4-2-5-11-26)18-21-35(32)40(37(25)33)31-19-16-28(17-20-31)38-39-34-14-8-9-15-36(34)41-38/h2-21,23-25H,22H2,1H3. The molecule has 3 nitrogen and oxygen atoms in total. The number of hydrogen-bond acceptors (Lipinski definition) is 2. The summed E-state index contributed by atoms with van der Waals surface area (Å²) in [4.78, 5) is 4.70. The summed E-state index contributed by atoms with van der Waals surface area (Å²) in [6.07, 6.45) is 3.42. The number of benzene rings is 5. The molecular weight excluding hydrogens is 500 g/mol. The predicted molar refractivity (Wildman–Crippen MR) is 169 cm³/mol. The van der Waals surface area contributed by atoms with Crippen LogP contribution in [0.3, 0.4) is 0 Å². The van der Waals surface area contributed by atoms with E-state index in [0.717, 1.165) is 28.8 Å². The zero-order chi connectivity index (χ0) is 27.3. The van der Waals surface area contributed by atoms with Gasteiger partial charge in [-0.25, -0.2) is 4.98 Å². The maximum Gasteiger partial charge on any atom is 0.227 e. The molecule has 0 aliphatic heterocycles. The molecule has 1 atom stereocenters. The molecule has 5 aromatic carbocycles. The molecule has 2 aromatic heterocycles. The predicted octanol–water partition coefficient (Wildman–Crippen LogP) is 10.2. The largest absolute Gasteiger partial charge is 0.436 e. The molecule has 0 fully saturated rings. The Balaban J connectivity index is 1.31. The topological polar surface area (TPSA) is 31.0 Å². The van der Waals surface area contributed by atoms with Crippen molar-refractivity contribution in [3.05, 3.63) is 144 Å². The van der Waals surface area contributed by atoms with E-state index in [-0.39, 0.29) is 0 Å². The molecule has 2 heterocycles. The van der Waals surface area contributed by atoms with Crippen molar-refractivity contribution in [2.24, 2.45) is 0 Å². The van der Waals surface area contributed by atoms with Gasteiger partial charge in [-0.3, -0.25) is 0 Å². The van der Waals surface area contributed by atoms with Crippen LogP contribution in [0.1, 0.15) is 36.1 Å². The SMILES string of the molecule is CC1CC(c2ccccc2)=Cc2c1n(-c1ccc(-c3nc4ccccc4o3)cc1)c1ccc(-c3ccccc3)cc21. The molecule has 1 aliphatic rings. The zero-order valence-corrected chi connectivity index (χ0v) is 22.8. The molecular formula is C38H28N2O. The Hall–Kier alpha value is -5.15. The van der Waals surface area contributed by atoms with Gasteiger partial charge in [-0.15, -0.1) is 0 Å². The Morgan fingerprint density at radius 1 is 0.683 bits per heavy atom. The number of aromatic nitrogens is 2. The second-order valence-electron chi connectivity index (χ2n) is 10.9. The second-order valence-corrected chi connectivity index (χ2v) is 10.9. The Kier molecular flexibility index (Phi) is 5.49. The molecule has 0 saturated carbocycles. The van der Waals surface area contributed by atoms with Gasteiger partial charge in [0, 0.05) is 33.8 Å². The van der Waals surface area contributed by atoms with Gasteiger partial charge in [0.15, 0.2) is 5.58 Å². The Bertz CT molecular complexity index is 2030. The summed E-state index contributed by atoms with van der Waals surface area (Å²) in [6.45, 7) is 2.36. The molecule has 0 saturated heterocycles. The van der Waals surface area contributed by atoms with Crippen molar-refractivity contribution in [3.63, 3.8) is 0 Å². The van der Waals surface area contributed by atoms with E-state index in [1.54, 1.807) is 0 Å². The van der Waals surface area contributed by atoms with Crippen LogP contribution in [0.4, 0.5) is 0 Å². The highest BCUT2D eigenvalue weighted by Crippen LogP contribution is 2.45. The van der Waals surface area contributed by atoms with E-state index in [1.165, 1.54) is 44.4 Å². The molecule has 0 spiro atoms. The minimum Gasteiger partial charge on any atom is -0.436 e. The van der Waals surface area contributed by atoms with Crippen LogP contribution in [-0.4, -0.2) is 9.55 Å². The molecule has 1 unspecified atom stereocenters. The summed E-state index contributed by atoms with van der Waals surface area (Å²) < 4.78 is 8.50. The lowest BCUT2D eigenvalue weighted by Gasteiger charge is -2.24. The highest BCUT2D eigenvalue weighted by Gasteiger charge is 2.27. The molecule has 0 bridgehead atoms. The van der Waals surface area contributed by atoms with Gasteiger partial charge in [0.1, 0.15) is 5.52 Å². The smallest absolute Gasteiger partial charge is 0.227 e. The maximum absolute atomic E-state index is 6.05. The summed E-state index contributed by atoms with van der Waals surface area (Å²) in [7, 11) is 0. The van der Waals surface area contributed by atoms with Crippen LogP contribution < -0.4 is 0 Å². The lowest BCUT2D eigenvalue weighted by Crippen LogP contribution is -2.09. The van der Waals surface area contributed by atoms with E-state index >= 15 is 0 Å². The summed E-state index contributed by atoms with van der Waals surface area (Å²) in [6, 6.07) is 44.9. The van der Waals surface area contributed by atoms with Gasteiger partial charge in [-0.05, 0) is 83.3 Å². The van der Waals surface area contributed by atoms with Crippen molar-refractivity contribution in [1.82, 2.24) is 9.55 Å². The summed E-state index contributed by atoms with van der Waals surface area (Å²) in [5, 5.41) is 1.28. The van der Waals surface area contributed by atoms with E-state index in [0.29, 0.717) is 11.8 Å². The quantitative estimate of drug-likeness (QED) is 0.228. The van der Waals surface area contributed by atoms with E-state index in [2.05, 4.69) is 121 Å². The van der Waals surface area contributed by atoms with E-state index in [1.807, 2.05) is 24.3 Å². The summed E-state index contributed by atoms with van der Waals surface area (Å²) in [5.41, 5.74) is 12.9. The van der Waals surface area contributed by atoms with Crippen LogP contribution in [-0.2, 0) is 0 Å². The first-order chi connectivity index (χ1) is 20.2. The summed E-state index contributed by atoms with van der Waals surface area (Å²) in [5.74, 6) is 1.00. The first kappa shape index (κ1) is 23.7. The van der Waals surface area contributed by atoms with Crippen LogP contribution in [0, 0.1) is 0 Å². The molecule has 8 rings (SSSR count). The van der Waals surface area contributed by atoms with Crippen LogP contribution >= 0.6 is 0 Å². The minimum absolute atomic E-state index is 0.356. The molecule has 0 amide bonds. The van der Waals surface area contributed by atoms with Crippen molar-refractivity contribution < 1.29 is 4.42 Å². The molecule has 196 valence electrons. The molecule has 1 aliphatic carbocycles. The fourth-order valence-corrected chi connectivity index (χ4v) is 6.32. The molecule has 3 heteroatoms. The first-order valence-corrected chi connectivity index (χ1v) is 14.2. The monoisotopic (exact) mass is 528 g/mol. The van der Waals surface area contributed by atoms with Gasteiger partial charge in [0.2, 0.25) is 5.89 Å².